The average molecular weight is 393 g/mol. The Hall–Kier alpha value is -2.86. The topological polar surface area (TPSA) is 63.3 Å². The molecule has 0 saturated carbocycles. The highest BCUT2D eigenvalue weighted by atomic mass is 16.3. The number of hydrogen-bond donors (Lipinski definition) is 1. The second-order valence-electron chi connectivity index (χ2n) is 7.82. The van der Waals surface area contributed by atoms with Gasteiger partial charge in [0.15, 0.2) is 5.69 Å². The van der Waals surface area contributed by atoms with Crippen LogP contribution in [-0.4, -0.2) is 40.2 Å². The minimum atomic E-state index is -0.161. The van der Waals surface area contributed by atoms with Crippen LogP contribution in [-0.2, 0) is 7.05 Å². The number of nitrogens with one attached hydrogen (secondary N) is 1. The Morgan fingerprint density at radius 1 is 1.17 bits per heavy atom. The average Bonchev–Trinajstić information content (AvgIpc) is 3.46. The Bertz CT molecular complexity index is 984. The highest BCUT2D eigenvalue weighted by Crippen LogP contribution is 2.26. The van der Waals surface area contributed by atoms with Crippen molar-refractivity contribution in [2.24, 2.45) is 7.05 Å². The normalized spacial score (nSPS) is 15.6. The van der Waals surface area contributed by atoms with Gasteiger partial charge in [0.1, 0.15) is 5.76 Å². The summed E-state index contributed by atoms with van der Waals surface area (Å²) in [6, 6.07) is 12.1. The number of benzene rings is 1. The van der Waals surface area contributed by atoms with Crippen LogP contribution in [0.3, 0.4) is 0 Å². The van der Waals surface area contributed by atoms with E-state index < -0.39 is 0 Å². The predicted molar refractivity (Wildman–Crippen MR) is 113 cm³/mol. The van der Waals surface area contributed by atoms with Crippen LogP contribution >= 0.6 is 0 Å². The van der Waals surface area contributed by atoms with Crippen LogP contribution in [0, 0.1) is 13.8 Å². The van der Waals surface area contributed by atoms with Crippen molar-refractivity contribution in [3.63, 3.8) is 0 Å². The van der Waals surface area contributed by atoms with Crippen LogP contribution in [0.2, 0.25) is 0 Å². The van der Waals surface area contributed by atoms with Crippen molar-refractivity contribution in [3.05, 3.63) is 65.2 Å². The van der Waals surface area contributed by atoms with Crippen molar-refractivity contribution in [1.82, 2.24) is 20.0 Å². The molecule has 6 nitrogen and oxygen atoms in total. The van der Waals surface area contributed by atoms with Crippen LogP contribution in [0.15, 0.2) is 47.1 Å². The van der Waals surface area contributed by atoms with E-state index in [2.05, 4.69) is 47.4 Å². The minimum absolute atomic E-state index is 0.0550. The Morgan fingerprint density at radius 2 is 1.97 bits per heavy atom. The summed E-state index contributed by atoms with van der Waals surface area (Å²) in [7, 11) is 1.87. The molecule has 0 aliphatic carbocycles. The van der Waals surface area contributed by atoms with E-state index in [-0.39, 0.29) is 11.9 Å². The number of nitrogens with zero attached hydrogens (tertiary/aromatic N) is 3. The molecule has 6 heteroatoms. The molecule has 1 aliphatic rings. The van der Waals surface area contributed by atoms with Crippen molar-refractivity contribution in [3.8, 4) is 11.3 Å². The van der Waals surface area contributed by atoms with E-state index in [0.29, 0.717) is 12.2 Å². The van der Waals surface area contributed by atoms with Gasteiger partial charge in [-0.3, -0.25) is 14.4 Å². The molecule has 1 atom stereocenters. The maximum Gasteiger partial charge on any atom is 0.271 e. The third-order valence-electron chi connectivity index (χ3n) is 5.82. The summed E-state index contributed by atoms with van der Waals surface area (Å²) >= 11 is 0. The quantitative estimate of drug-likeness (QED) is 0.692. The number of furan rings is 1. The molecular formula is C23H28N4O2. The van der Waals surface area contributed by atoms with Crippen molar-refractivity contribution in [2.45, 2.75) is 32.7 Å². The van der Waals surface area contributed by atoms with E-state index >= 15 is 0 Å². The molecule has 1 aliphatic heterocycles. The van der Waals surface area contributed by atoms with Gasteiger partial charge in [0.25, 0.3) is 5.91 Å². The Kier molecular flexibility index (Phi) is 5.53. The van der Waals surface area contributed by atoms with Crippen molar-refractivity contribution < 1.29 is 9.21 Å². The fraction of sp³-hybridized carbons (Fsp3) is 0.391. The first-order valence-electron chi connectivity index (χ1n) is 10.2. The monoisotopic (exact) mass is 392 g/mol. The SMILES string of the molecule is Cc1ccc(-c2cc(C(=O)NCC(c3ccco3)N3CCCC3)nn2C)cc1C. The van der Waals surface area contributed by atoms with Gasteiger partial charge in [0, 0.05) is 19.2 Å². The first kappa shape index (κ1) is 19.5. The van der Waals surface area contributed by atoms with Crippen molar-refractivity contribution in [2.75, 3.05) is 19.6 Å². The Morgan fingerprint density at radius 3 is 2.66 bits per heavy atom. The van der Waals surface area contributed by atoms with E-state index in [9.17, 15) is 4.79 Å². The number of likely N-dealkylation sites (tertiary alicyclic amines) is 1. The maximum atomic E-state index is 12.8. The fourth-order valence-electron chi connectivity index (χ4n) is 3.97. The molecular weight excluding hydrogens is 364 g/mol. The van der Waals surface area contributed by atoms with Crippen molar-refractivity contribution >= 4 is 5.91 Å². The lowest BCUT2D eigenvalue weighted by atomic mass is 10.0. The molecule has 1 aromatic carbocycles. The maximum absolute atomic E-state index is 12.8. The van der Waals surface area contributed by atoms with Gasteiger partial charge in [-0.1, -0.05) is 12.1 Å². The summed E-state index contributed by atoms with van der Waals surface area (Å²) in [4.78, 5) is 15.2. The molecule has 2 aromatic heterocycles. The van der Waals surface area contributed by atoms with Crippen LogP contribution < -0.4 is 5.32 Å². The van der Waals surface area contributed by atoms with E-state index in [1.807, 2.05) is 25.2 Å². The zero-order valence-electron chi connectivity index (χ0n) is 17.3. The number of hydrogen-bond acceptors (Lipinski definition) is 4. The number of aryl methyl sites for hydroxylation is 3. The molecule has 152 valence electrons. The first-order chi connectivity index (χ1) is 14.0. The lowest BCUT2D eigenvalue weighted by Gasteiger charge is -2.25. The summed E-state index contributed by atoms with van der Waals surface area (Å²) in [5, 5.41) is 7.51. The lowest BCUT2D eigenvalue weighted by Crippen LogP contribution is -2.36. The van der Waals surface area contributed by atoms with Gasteiger partial charge in [-0.25, -0.2) is 0 Å². The molecule has 0 spiro atoms. The summed E-state index contributed by atoms with van der Waals surface area (Å²) in [6.45, 7) is 6.75. The van der Waals surface area contributed by atoms with E-state index in [1.54, 1.807) is 10.9 Å². The van der Waals surface area contributed by atoms with Crippen LogP contribution in [0.1, 0.15) is 46.3 Å². The van der Waals surface area contributed by atoms with E-state index in [0.717, 1.165) is 30.1 Å². The van der Waals surface area contributed by atoms with Crippen LogP contribution in [0.25, 0.3) is 11.3 Å². The third kappa shape index (κ3) is 4.12. The zero-order chi connectivity index (χ0) is 20.4. The molecule has 1 amide bonds. The zero-order valence-corrected chi connectivity index (χ0v) is 17.3. The molecule has 1 N–H and O–H groups in total. The van der Waals surface area contributed by atoms with Gasteiger partial charge in [-0.05, 0) is 75.2 Å². The molecule has 0 bridgehead atoms. The number of aromatic nitrogens is 2. The first-order valence-corrected chi connectivity index (χ1v) is 10.2. The van der Waals surface area contributed by atoms with E-state index in [4.69, 9.17) is 4.42 Å². The van der Waals surface area contributed by atoms with Gasteiger partial charge < -0.3 is 9.73 Å². The second kappa shape index (κ2) is 8.25. The summed E-state index contributed by atoms with van der Waals surface area (Å²) < 4.78 is 7.40. The summed E-state index contributed by atoms with van der Waals surface area (Å²) in [6.07, 6.45) is 4.06. The molecule has 3 heterocycles. The largest absolute Gasteiger partial charge is 0.468 e. The summed E-state index contributed by atoms with van der Waals surface area (Å²) in [5.74, 6) is 0.732. The Labute approximate surface area is 171 Å². The Balaban J connectivity index is 1.49. The number of carbonyl (C=O) groups is 1. The van der Waals surface area contributed by atoms with E-state index in [1.165, 1.54) is 24.0 Å². The third-order valence-corrected chi connectivity index (χ3v) is 5.82. The van der Waals surface area contributed by atoms with Crippen molar-refractivity contribution in [1.29, 1.82) is 0 Å². The van der Waals surface area contributed by atoms with Gasteiger partial charge in [-0.2, -0.15) is 5.10 Å². The lowest BCUT2D eigenvalue weighted by molar-refractivity contribution is 0.0928. The molecule has 1 fully saturated rings. The molecule has 1 saturated heterocycles. The number of amides is 1. The van der Waals surface area contributed by atoms with Gasteiger partial charge in [0.05, 0.1) is 18.0 Å². The van der Waals surface area contributed by atoms with Gasteiger partial charge >= 0.3 is 0 Å². The molecule has 1 unspecified atom stereocenters. The van der Waals surface area contributed by atoms with Gasteiger partial charge in [0.2, 0.25) is 0 Å². The molecule has 0 radical (unpaired) electrons. The number of carbonyl (C=O) groups excluding carboxylic acids is 1. The van der Waals surface area contributed by atoms with Crippen LogP contribution in [0.4, 0.5) is 0 Å². The highest BCUT2D eigenvalue weighted by Gasteiger charge is 2.26. The van der Waals surface area contributed by atoms with Gasteiger partial charge in [-0.15, -0.1) is 0 Å². The summed E-state index contributed by atoms with van der Waals surface area (Å²) in [5.41, 5.74) is 4.90. The highest BCUT2D eigenvalue weighted by molar-refractivity contribution is 5.93. The smallest absolute Gasteiger partial charge is 0.271 e. The molecule has 4 rings (SSSR count). The van der Waals surface area contributed by atoms with Crippen LogP contribution in [0.5, 0.6) is 0 Å². The fourth-order valence-corrected chi connectivity index (χ4v) is 3.97. The second-order valence-corrected chi connectivity index (χ2v) is 7.82. The standard InChI is InChI=1S/C23H28N4O2/c1-16-8-9-18(13-17(16)2)20-14-19(25-26(20)3)23(28)24-15-21(22-7-6-12-29-22)27-10-4-5-11-27/h6-9,12-14,21H,4-5,10-11,15H2,1-3H3,(H,24,28). The molecule has 3 aromatic rings. The predicted octanol–water partition coefficient (Wildman–Crippen LogP) is 3.86. The number of rotatable bonds is 6. The molecule has 29 heavy (non-hydrogen) atoms. The minimum Gasteiger partial charge on any atom is -0.468 e.